The van der Waals surface area contributed by atoms with Gasteiger partial charge in [0, 0.05) is 23.1 Å². The van der Waals surface area contributed by atoms with Crippen molar-refractivity contribution < 1.29 is 32.3 Å². The molecule has 1 atom stereocenters. The number of sulfone groups is 1. The maximum Gasteiger partial charge on any atom is 0.311 e. The summed E-state index contributed by atoms with van der Waals surface area (Å²) in [4.78, 5) is 35.2. The Labute approximate surface area is 201 Å². The molecule has 2 aromatic rings. The zero-order valence-corrected chi connectivity index (χ0v) is 20.2. The maximum absolute atomic E-state index is 13.1. The molecule has 0 unspecified atom stereocenters. The fourth-order valence-electron chi connectivity index (χ4n) is 3.28. The van der Waals surface area contributed by atoms with Crippen LogP contribution >= 0.6 is 11.3 Å². The second-order valence-corrected chi connectivity index (χ2v) is 11.2. The van der Waals surface area contributed by atoms with Crippen molar-refractivity contribution in [2.75, 3.05) is 25.1 Å². The highest BCUT2D eigenvalue weighted by molar-refractivity contribution is 7.92. The Morgan fingerprint density at radius 2 is 2.00 bits per heavy atom. The smallest absolute Gasteiger partial charge is 0.311 e. The first kappa shape index (κ1) is 24.3. The zero-order chi connectivity index (χ0) is 24.1. The third kappa shape index (κ3) is 5.99. The van der Waals surface area contributed by atoms with Crippen molar-refractivity contribution in [1.29, 1.82) is 0 Å². The number of hydrogen-bond acceptors (Lipinski definition) is 10. The number of esters is 1. The molecule has 0 spiro atoms. The van der Waals surface area contributed by atoms with Gasteiger partial charge in [-0.05, 0) is 31.9 Å². The van der Waals surface area contributed by atoms with Gasteiger partial charge in [0.25, 0.3) is 5.91 Å². The number of carbonyl (C=O) groups is 2. The number of thiazole rings is 1. The molecule has 1 aromatic heterocycles. The van der Waals surface area contributed by atoms with E-state index >= 15 is 0 Å². The van der Waals surface area contributed by atoms with Crippen LogP contribution in [0.4, 0.5) is 5.13 Å². The summed E-state index contributed by atoms with van der Waals surface area (Å²) < 4.78 is 35.2. The molecule has 10 nitrogen and oxygen atoms in total. The van der Waals surface area contributed by atoms with E-state index in [4.69, 9.17) is 14.3 Å². The normalized spacial score (nSPS) is 18.5. The quantitative estimate of drug-likeness (QED) is 0.294. The van der Waals surface area contributed by atoms with Crippen molar-refractivity contribution in [3.8, 4) is 0 Å². The molecule has 182 valence electrons. The summed E-state index contributed by atoms with van der Waals surface area (Å²) in [5, 5.41) is 6.70. The first-order valence-electron chi connectivity index (χ1n) is 10.9. The van der Waals surface area contributed by atoms with Crippen LogP contribution in [0, 0.1) is 0 Å². The topological polar surface area (TPSA) is 133 Å². The van der Waals surface area contributed by atoms with E-state index in [1.165, 1.54) is 30.5 Å². The number of aromatic nitrogens is 1. The number of hydrogen-bond donors (Lipinski definition) is 1. The number of nitrogens with zero attached hydrogens (tertiary/aromatic N) is 2. The molecule has 2 aliphatic rings. The summed E-state index contributed by atoms with van der Waals surface area (Å²) in [6.07, 6.45) is 3.28. The van der Waals surface area contributed by atoms with Gasteiger partial charge in [0.15, 0.2) is 26.8 Å². The van der Waals surface area contributed by atoms with E-state index in [0.29, 0.717) is 42.9 Å². The van der Waals surface area contributed by atoms with Gasteiger partial charge in [0.05, 0.1) is 36.4 Å². The first-order chi connectivity index (χ1) is 16.4. The minimum absolute atomic E-state index is 0.0237. The predicted molar refractivity (Wildman–Crippen MR) is 125 cm³/mol. The van der Waals surface area contributed by atoms with Crippen LogP contribution in [0.3, 0.4) is 0 Å². The second kappa shape index (κ2) is 10.6. The first-order valence-corrected chi connectivity index (χ1v) is 13.3. The third-order valence-corrected chi connectivity index (χ3v) is 8.40. The van der Waals surface area contributed by atoms with Crippen molar-refractivity contribution in [3.63, 3.8) is 0 Å². The molecule has 0 radical (unpaired) electrons. The fourth-order valence-corrected chi connectivity index (χ4v) is 5.73. The molecule has 1 saturated carbocycles. The Morgan fingerprint density at radius 3 is 2.65 bits per heavy atom. The van der Waals surface area contributed by atoms with Gasteiger partial charge >= 0.3 is 5.97 Å². The number of oxime groups is 1. The maximum atomic E-state index is 13.1. The van der Waals surface area contributed by atoms with Crippen molar-refractivity contribution in [2.45, 2.75) is 48.9 Å². The lowest BCUT2D eigenvalue weighted by Gasteiger charge is -2.10. The SMILES string of the molecule is CCOC(=O)Cc1cnc(NC(=O)C(=NO[C@@H]2CCOC2)c2ccc(S(=O)(=O)C3CC3)cc2)s1. The molecular formula is C22H25N3O7S2. The monoisotopic (exact) mass is 507 g/mol. The van der Waals surface area contributed by atoms with Gasteiger partial charge in [0.2, 0.25) is 0 Å². The van der Waals surface area contributed by atoms with Gasteiger partial charge < -0.3 is 14.3 Å². The summed E-state index contributed by atoms with van der Waals surface area (Å²) >= 11 is 1.15. The average molecular weight is 508 g/mol. The molecule has 34 heavy (non-hydrogen) atoms. The number of anilines is 1. The molecule has 1 aromatic carbocycles. The molecule has 1 aliphatic heterocycles. The van der Waals surface area contributed by atoms with Crippen LogP contribution in [0.2, 0.25) is 0 Å². The number of rotatable bonds is 10. The zero-order valence-electron chi connectivity index (χ0n) is 18.6. The molecule has 1 saturated heterocycles. The van der Waals surface area contributed by atoms with E-state index < -0.39 is 15.7 Å². The van der Waals surface area contributed by atoms with Crippen LogP contribution in [0.15, 0.2) is 40.5 Å². The lowest BCUT2D eigenvalue weighted by Crippen LogP contribution is -2.25. The Morgan fingerprint density at radius 1 is 1.24 bits per heavy atom. The van der Waals surface area contributed by atoms with Gasteiger partial charge in [-0.25, -0.2) is 13.4 Å². The van der Waals surface area contributed by atoms with E-state index in [1.807, 2.05) is 0 Å². The highest BCUT2D eigenvalue weighted by Gasteiger charge is 2.36. The molecule has 1 aliphatic carbocycles. The molecule has 1 N–H and O–H groups in total. The second-order valence-electron chi connectivity index (χ2n) is 7.87. The van der Waals surface area contributed by atoms with Crippen molar-refractivity contribution in [3.05, 3.63) is 40.9 Å². The van der Waals surface area contributed by atoms with E-state index in [0.717, 1.165) is 11.3 Å². The van der Waals surface area contributed by atoms with Crippen molar-refractivity contribution >= 4 is 43.9 Å². The number of amides is 1. The molecule has 2 heterocycles. The Bertz CT molecular complexity index is 1170. The van der Waals surface area contributed by atoms with Gasteiger partial charge in [-0.15, -0.1) is 11.3 Å². The van der Waals surface area contributed by atoms with E-state index in [2.05, 4.69) is 15.5 Å². The standard InChI is InChI=1S/C22H25N3O7S2/c1-2-31-19(26)11-16-12-23-22(33-16)24-21(27)20(25-32-15-9-10-30-13-15)14-3-5-17(6-4-14)34(28,29)18-7-8-18/h3-6,12,15,18H,2,7-11,13H2,1H3,(H,23,24,27)/t15-/m1/s1. The van der Waals surface area contributed by atoms with Gasteiger partial charge in [-0.1, -0.05) is 17.3 Å². The summed E-state index contributed by atoms with van der Waals surface area (Å²) in [5.41, 5.74) is 0.374. The molecule has 1 amide bonds. The largest absolute Gasteiger partial charge is 0.466 e. The summed E-state index contributed by atoms with van der Waals surface area (Å²) in [7, 11) is -3.35. The van der Waals surface area contributed by atoms with E-state index in [1.54, 1.807) is 6.92 Å². The van der Waals surface area contributed by atoms with Gasteiger partial charge in [-0.3, -0.25) is 14.9 Å². The number of ether oxygens (including phenoxy) is 2. The molecule has 12 heteroatoms. The Kier molecular flexibility index (Phi) is 7.59. The van der Waals surface area contributed by atoms with Gasteiger partial charge in [-0.2, -0.15) is 0 Å². The van der Waals surface area contributed by atoms with Crippen LogP contribution in [-0.4, -0.2) is 62.2 Å². The predicted octanol–water partition coefficient (Wildman–Crippen LogP) is 2.33. The minimum atomic E-state index is -3.35. The Balaban J connectivity index is 1.51. The van der Waals surface area contributed by atoms with Crippen LogP contribution in [0.5, 0.6) is 0 Å². The Hall–Kier alpha value is -2.83. The number of nitrogens with one attached hydrogen (secondary N) is 1. The number of benzene rings is 1. The lowest BCUT2D eigenvalue weighted by molar-refractivity contribution is -0.142. The van der Waals surface area contributed by atoms with Crippen molar-refractivity contribution in [2.24, 2.45) is 5.16 Å². The van der Waals surface area contributed by atoms with E-state index in [9.17, 15) is 18.0 Å². The highest BCUT2D eigenvalue weighted by Crippen LogP contribution is 2.33. The fraction of sp³-hybridized carbons (Fsp3) is 0.455. The van der Waals surface area contributed by atoms with Crippen LogP contribution in [0.25, 0.3) is 0 Å². The highest BCUT2D eigenvalue weighted by atomic mass is 32.2. The molecular weight excluding hydrogens is 482 g/mol. The number of carbonyl (C=O) groups excluding carboxylic acids is 2. The molecule has 2 fully saturated rings. The summed E-state index contributed by atoms with van der Waals surface area (Å²) in [6, 6.07) is 6.03. The third-order valence-electron chi connectivity index (χ3n) is 5.21. The van der Waals surface area contributed by atoms with Crippen LogP contribution in [0.1, 0.15) is 36.6 Å². The van der Waals surface area contributed by atoms with E-state index in [-0.39, 0.29) is 46.1 Å². The van der Waals surface area contributed by atoms with Crippen LogP contribution in [-0.2, 0) is 40.2 Å². The molecule has 0 bridgehead atoms. The minimum Gasteiger partial charge on any atom is -0.466 e. The lowest BCUT2D eigenvalue weighted by atomic mass is 10.1. The van der Waals surface area contributed by atoms with Gasteiger partial charge in [0.1, 0.15) is 0 Å². The molecule has 4 rings (SSSR count). The summed E-state index contributed by atoms with van der Waals surface area (Å²) in [6.45, 7) is 2.94. The van der Waals surface area contributed by atoms with Crippen molar-refractivity contribution in [1.82, 2.24) is 4.98 Å². The average Bonchev–Trinajstić information content (AvgIpc) is 3.40. The van der Waals surface area contributed by atoms with Crippen LogP contribution < -0.4 is 5.32 Å². The summed E-state index contributed by atoms with van der Waals surface area (Å²) in [5.74, 6) is -0.951.